The second kappa shape index (κ2) is 7.26. The SMILES string of the molecule is C[C@H]1C[C@H](C)CN(C(=O)CSc2nnc3c(Cl)cc(C(F)(F)F)cn23)C1. The van der Waals surface area contributed by atoms with E-state index in [-0.39, 0.29) is 27.5 Å². The minimum absolute atomic E-state index is 0.0526. The van der Waals surface area contributed by atoms with E-state index in [1.54, 1.807) is 0 Å². The molecule has 2 atom stereocenters. The Morgan fingerprint density at radius 2 is 1.96 bits per heavy atom. The summed E-state index contributed by atoms with van der Waals surface area (Å²) in [5, 5.41) is 7.78. The van der Waals surface area contributed by atoms with Gasteiger partial charge in [-0.25, -0.2) is 0 Å². The molecule has 1 saturated heterocycles. The second-order valence-corrected chi connectivity index (χ2v) is 8.13. The number of piperidine rings is 1. The molecule has 0 radical (unpaired) electrons. The van der Waals surface area contributed by atoms with Crippen LogP contribution < -0.4 is 0 Å². The van der Waals surface area contributed by atoms with Gasteiger partial charge in [0.2, 0.25) is 5.91 Å². The molecule has 1 aliphatic rings. The van der Waals surface area contributed by atoms with Crippen molar-refractivity contribution in [3.63, 3.8) is 0 Å². The van der Waals surface area contributed by atoms with Gasteiger partial charge in [0, 0.05) is 19.3 Å². The summed E-state index contributed by atoms with van der Waals surface area (Å²) < 4.78 is 40.1. The summed E-state index contributed by atoms with van der Waals surface area (Å²) in [5.41, 5.74) is -0.753. The van der Waals surface area contributed by atoms with Gasteiger partial charge in [0.1, 0.15) is 0 Å². The number of amides is 1. The molecule has 0 N–H and O–H groups in total. The molecule has 26 heavy (non-hydrogen) atoms. The monoisotopic (exact) mass is 406 g/mol. The third-order valence-electron chi connectivity index (χ3n) is 4.30. The van der Waals surface area contributed by atoms with E-state index in [0.717, 1.165) is 30.4 Å². The van der Waals surface area contributed by atoms with Gasteiger partial charge in [-0.15, -0.1) is 10.2 Å². The Labute approximate surface area is 157 Å². The molecule has 1 fully saturated rings. The van der Waals surface area contributed by atoms with Crippen LogP contribution in [0.5, 0.6) is 0 Å². The van der Waals surface area contributed by atoms with Crippen LogP contribution in [0.25, 0.3) is 5.65 Å². The Kier molecular flexibility index (Phi) is 5.39. The lowest BCUT2D eigenvalue weighted by molar-refractivity contribution is -0.138. The molecule has 0 aromatic carbocycles. The number of thioether (sulfide) groups is 1. The molecule has 5 nitrogen and oxygen atoms in total. The molecular weight excluding hydrogens is 389 g/mol. The highest BCUT2D eigenvalue weighted by atomic mass is 35.5. The maximum Gasteiger partial charge on any atom is 0.417 e. The van der Waals surface area contributed by atoms with Crippen molar-refractivity contribution in [1.29, 1.82) is 0 Å². The zero-order valence-corrected chi connectivity index (χ0v) is 15.8. The van der Waals surface area contributed by atoms with Crippen LogP contribution >= 0.6 is 23.4 Å². The molecule has 0 aliphatic carbocycles. The summed E-state index contributed by atoms with van der Waals surface area (Å²) in [6, 6.07) is 0.821. The fourth-order valence-electron chi connectivity index (χ4n) is 3.27. The third kappa shape index (κ3) is 4.09. The number of likely N-dealkylation sites (tertiary alicyclic amines) is 1. The Morgan fingerprint density at radius 3 is 2.58 bits per heavy atom. The van der Waals surface area contributed by atoms with Gasteiger partial charge in [0.05, 0.1) is 16.3 Å². The molecule has 142 valence electrons. The van der Waals surface area contributed by atoms with Gasteiger partial charge in [-0.3, -0.25) is 9.20 Å². The lowest BCUT2D eigenvalue weighted by Crippen LogP contribution is -2.43. The van der Waals surface area contributed by atoms with Crippen molar-refractivity contribution in [2.24, 2.45) is 11.8 Å². The van der Waals surface area contributed by atoms with Gasteiger partial charge in [0.15, 0.2) is 10.8 Å². The maximum atomic E-state index is 13.0. The van der Waals surface area contributed by atoms with Gasteiger partial charge in [-0.05, 0) is 24.3 Å². The van der Waals surface area contributed by atoms with Crippen molar-refractivity contribution in [2.75, 3.05) is 18.8 Å². The van der Waals surface area contributed by atoms with E-state index in [1.165, 1.54) is 4.40 Å². The number of hydrogen-bond donors (Lipinski definition) is 0. The first-order chi connectivity index (χ1) is 12.1. The average Bonchev–Trinajstić information content (AvgIpc) is 2.94. The second-order valence-electron chi connectivity index (χ2n) is 6.78. The van der Waals surface area contributed by atoms with Crippen LogP contribution in [0.3, 0.4) is 0 Å². The lowest BCUT2D eigenvalue weighted by atomic mass is 9.92. The first-order valence-electron chi connectivity index (χ1n) is 8.17. The number of nitrogens with zero attached hydrogens (tertiary/aromatic N) is 4. The van der Waals surface area contributed by atoms with Crippen LogP contribution in [0.15, 0.2) is 17.4 Å². The fourth-order valence-corrected chi connectivity index (χ4v) is 4.33. The lowest BCUT2D eigenvalue weighted by Gasteiger charge is -2.34. The van der Waals surface area contributed by atoms with Crippen LogP contribution in [0.2, 0.25) is 5.02 Å². The van der Waals surface area contributed by atoms with Crippen molar-refractivity contribution in [3.8, 4) is 0 Å². The van der Waals surface area contributed by atoms with Crippen molar-refractivity contribution in [3.05, 3.63) is 22.8 Å². The smallest absolute Gasteiger partial charge is 0.341 e. The molecule has 0 spiro atoms. The van der Waals surface area contributed by atoms with Crippen molar-refractivity contribution in [1.82, 2.24) is 19.5 Å². The third-order valence-corrected chi connectivity index (χ3v) is 5.51. The van der Waals surface area contributed by atoms with E-state index in [4.69, 9.17) is 11.6 Å². The molecule has 0 unspecified atom stereocenters. The Bertz CT molecular complexity index is 816. The standard InChI is InChI=1S/C16H18ClF3N4OS/c1-9-3-10(2)6-23(5-9)13(25)8-26-15-22-21-14-12(17)4-11(7-24(14)15)16(18,19)20/h4,7,9-10H,3,5-6,8H2,1-2H3/t9-,10-/m0/s1. The zero-order chi connectivity index (χ0) is 19.1. The molecule has 0 saturated carbocycles. The van der Waals surface area contributed by atoms with Crippen LogP contribution in [0, 0.1) is 11.8 Å². The Balaban J connectivity index is 1.77. The largest absolute Gasteiger partial charge is 0.417 e. The molecule has 2 aromatic rings. The Hall–Kier alpha value is -1.48. The number of rotatable bonds is 3. The highest BCUT2D eigenvalue weighted by Crippen LogP contribution is 2.33. The molecule has 1 amide bonds. The summed E-state index contributed by atoms with van der Waals surface area (Å²) in [7, 11) is 0. The summed E-state index contributed by atoms with van der Waals surface area (Å²) in [5.74, 6) is 0.918. The quantitative estimate of drug-likeness (QED) is 0.723. The summed E-state index contributed by atoms with van der Waals surface area (Å²) in [6.45, 7) is 5.62. The zero-order valence-electron chi connectivity index (χ0n) is 14.3. The molecule has 1 aliphatic heterocycles. The maximum absolute atomic E-state index is 13.0. The van der Waals surface area contributed by atoms with Crippen LogP contribution in [-0.2, 0) is 11.0 Å². The normalized spacial score (nSPS) is 21.4. The molecule has 10 heteroatoms. The van der Waals surface area contributed by atoms with E-state index in [9.17, 15) is 18.0 Å². The van der Waals surface area contributed by atoms with Gasteiger partial charge in [-0.2, -0.15) is 13.2 Å². The average molecular weight is 407 g/mol. The van der Waals surface area contributed by atoms with E-state index in [0.29, 0.717) is 24.9 Å². The van der Waals surface area contributed by atoms with Crippen LogP contribution in [-0.4, -0.2) is 44.2 Å². The van der Waals surface area contributed by atoms with E-state index < -0.39 is 11.7 Å². The van der Waals surface area contributed by atoms with Gasteiger partial charge < -0.3 is 4.90 Å². The van der Waals surface area contributed by atoms with Crippen LogP contribution in [0.4, 0.5) is 13.2 Å². The summed E-state index contributed by atoms with van der Waals surface area (Å²) in [4.78, 5) is 14.3. The van der Waals surface area contributed by atoms with E-state index >= 15 is 0 Å². The molecular formula is C16H18ClF3N4OS. The number of carbonyl (C=O) groups is 1. The minimum atomic E-state index is -4.53. The number of pyridine rings is 1. The number of alkyl halides is 3. The van der Waals surface area contributed by atoms with Crippen LogP contribution in [0.1, 0.15) is 25.8 Å². The topological polar surface area (TPSA) is 50.5 Å². The van der Waals surface area contributed by atoms with E-state index in [1.807, 2.05) is 4.90 Å². The predicted octanol–water partition coefficient (Wildman–Crippen LogP) is 4.00. The van der Waals surface area contributed by atoms with Gasteiger partial charge in [-0.1, -0.05) is 37.2 Å². The van der Waals surface area contributed by atoms with Crippen molar-refractivity contribution in [2.45, 2.75) is 31.6 Å². The van der Waals surface area contributed by atoms with Crippen molar-refractivity contribution < 1.29 is 18.0 Å². The number of carbonyl (C=O) groups excluding carboxylic acids is 1. The Morgan fingerprint density at radius 1 is 1.31 bits per heavy atom. The fraction of sp³-hybridized carbons (Fsp3) is 0.562. The van der Waals surface area contributed by atoms with E-state index in [2.05, 4.69) is 24.0 Å². The summed E-state index contributed by atoms with van der Waals surface area (Å²) >= 11 is 6.95. The summed E-state index contributed by atoms with van der Waals surface area (Å²) in [6.07, 6.45) is -2.54. The highest BCUT2D eigenvalue weighted by Gasteiger charge is 2.32. The first kappa shape index (κ1) is 19.3. The van der Waals surface area contributed by atoms with Gasteiger partial charge >= 0.3 is 6.18 Å². The molecule has 0 bridgehead atoms. The molecule has 3 heterocycles. The van der Waals surface area contributed by atoms with Gasteiger partial charge in [0.25, 0.3) is 0 Å². The first-order valence-corrected chi connectivity index (χ1v) is 9.53. The highest BCUT2D eigenvalue weighted by molar-refractivity contribution is 7.99. The predicted molar refractivity (Wildman–Crippen MR) is 93.2 cm³/mol. The number of halogens is 4. The minimum Gasteiger partial charge on any atom is -0.341 e. The van der Waals surface area contributed by atoms with Crippen molar-refractivity contribution >= 4 is 34.9 Å². The number of fused-ring (bicyclic) bond motifs is 1. The number of aromatic nitrogens is 3. The molecule has 2 aromatic heterocycles. The molecule has 3 rings (SSSR count). The number of hydrogen-bond acceptors (Lipinski definition) is 4.